The molecule has 0 bridgehead atoms. The van der Waals surface area contributed by atoms with Crippen LogP contribution in [0.4, 0.5) is 5.69 Å². The molecule has 1 aliphatic rings. The number of carbonyl (C=O) groups excluding carboxylic acids is 2. The summed E-state index contributed by atoms with van der Waals surface area (Å²) in [6, 6.07) is 19.4. The standard InChI is InChI=1S/C22H20N2O2S/c25-21(14-19-7-4-12-27-19)23-15-16-8-9-20-18(13-16)10-11-24(20)22(26)17-5-2-1-3-6-17/h1-9,12-13H,10-11,14-15H2,(H,23,25). The van der Waals surface area contributed by atoms with Gasteiger partial charge >= 0.3 is 0 Å². The Kier molecular flexibility index (Phi) is 5.03. The van der Waals surface area contributed by atoms with Crippen molar-refractivity contribution in [3.05, 3.63) is 87.6 Å². The molecule has 2 aromatic carbocycles. The Labute approximate surface area is 162 Å². The van der Waals surface area contributed by atoms with Crippen LogP contribution < -0.4 is 10.2 Å². The van der Waals surface area contributed by atoms with Crippen LogP contribution in [0.15, 0.2) is 66.0 Å². The maximum Gasteiger partial charge on any atom is 0.258 e. The number of hydrogen-bond donors (Lipinski definition) is 1. The van der Waals surface area contributed by atoms with Crippen LogP contribution in [-0.2, 0) is 24.2 Å². The molecular weight excluding hydrogens is 356 g/mol. The summed E-state index contributed by atoms with van der Waals surface area (Å²) in [5, 5.41) is 4.95. The number of fused-ring (bicyclic) bond motifs is 1. The van der Waals surface area contributed by atoms with E-state index in [0.717, 1.165) is 28.1 Å². The molecule has 1 N–H and O–H groups in total. The maximum absolute atomic E-state index is 12.7. The predicted molar refractivity (Wildman–Crippen MR) is 108 cm³/mol. The Morgan fingerprint density at radius 3 is 2.67 bits per heavy atom. The Hall–Kier alpha value is -2.92. The highest BCUT2D eigenvalue weighted by Crippen LogP contribution is 2.30. The summed E-state index contributed by atoms with van der Waals surface area (Å²) in [6.45, 7) is 1.20. The van der Waals surface area contributed by atoms with Crippen molar-refractivity contribution in [1.82, 2.24) is 5.32 Å². The molecule has 4 rings (SSSR count). The third kappa shape index (κ3) is 3.93. The van der Waals surface area contributed by atoms with E-state index < -0.39 is 0 Å². The summed E-state index contributed by atoms with van der Waals surface area (Å²) in [5.74, 6) is 0.0604. The number of carbonyl (C=O) groups is 2. The van der Waals surface area contributed by atoms with Gasteiger partial charge in [-0.3, -0.25) is 9.59 Å². The molecule has 4 nitrogen and oxygen atoms in total. The Morgan fingerprint density at radius 2 is 1.89 bits per heavy atom. The third-order valence-electron chi connectivity index (χ3n) is 4.71. The number of anilines is 1. The van der Waals surface area contributed by atoms with Crippen LogP contribution in [0.1, 0.15) is 26.4 Å². The van der Waals surface area contributed by atoms with E-state index in [2.05, 4.69) is 11.4 Å². The summed E-state index contributed by atoms with van der Waals surface area (Å²) in [4.78, 5) is 27.7. The van der Waals surface area contributed by atoms with Crippen LogP contribution in [0.2, 0.25) is 0 Å². The van der Waals surface area contributed by atoms with Gasteiger partial charge in [-0.2, -0.15) is 0 Å². The first-order chi connectivity index (χ1) is 13.2. The molecule has 0 spiro atoms. The van der Waals surface area contributed by atoms with Gasteiger partial charge in [0, 0.05) is 29.2 Å². The minimum atomic E-state index is 0.0267. The molecule has 0 saturated carbocycles. The first-order valence-electron chi connectivity index (χ1n) is 8.98. The highest BCUT2D eigenvalue weighted by Gasteiger charge is 2.25. The maximum atomic E-state index is 12.7. The van der Waals surface area contributed by atoms with Crippen molar-refractivity contribution in [3.63, 3.8) is 0 Å². The van der Waals surface area contributed by atoms with Crippen molar-refractivity contribution in [1.29, 1.82) is 0 Å². The fourth-order valence-electron chi connectivity index (χ4n) is 3.35. The van der Waals surface area contributed by atoms with E-state index in [0.29, 0.717) is 25.1 Å². The van der Waals surface area contributed by atoms with E-state index in [9.17, 15) is 9.59 Å². The molecule has 5 heteroatoms. The minimum absolute atomic E-state index is 0.0267. The van der Waals surface area contributed by atoms with E-state index in [4.69, 9.17) is 0 Å². The Bertz CT molecular complexity index is 952. The summed E-state index contributed by atoms with van der Waals surface area (Å²) in [6.07, 6.45) is 1.26. The van der Waals surface area contributed by atoms with Gasteiger partial charge in [-0.1, -0.05) is 36.4 Å². The molecule has 0 aliphatic carbocycles. The molecule has 3 aromatic rings. The Morgan fingerprint density at radius 1 is 1.04 bits per heavy atom. The van der Waals surface area contributed by atoms with Gasteiger partial charge in [-0.15, -0.1) is 11.3 Å². The number of amides is 2. The highest BCUT2D eigenvalue weighted by molar-refractivity contribution is 7.10. The predicted octanol–water partition coefficient (Wildman–Crippen LogP) is 3.81. The fraction of sp³-hybridized carbons (Fsp3) is 0.182. The van der Waals surface area contributed by atoms with E-state index in [1.165, 1.54) is 0 Å². The zero-order chi connectivity index (χ0) is 18.6. The van der Waals surface area contributed by atoms with Crippen LogP contribution in [0.5, 0.6) is 0 Å². The zero-order valence-electron chi connectivity index (χ0n) is 14.9. The average Bonchev–Trinajstić information content (AvgIpc) is 3.36. The van der Waals surface area contributed by atoms with Crippen LogP contribution >= 0.6 is 11.3 Å². The van der Waals surface area contributed by atoms with Crippen LogP contribution in [0.3, 0.4) is 0 Å². The molecule has 136 valence electrons. The molecule has 0 fully saturated rings. The number of nitrogens with one attached hydrogen (secondary N) is 1. The van der Waals surface area contributed by atoms with Gasteiger partial charge in [-0.05, 0) is 47.2 Å². The first-order valence-corrected chi connectivity index (χ1v) is 9.86. The van der Waals surface area contributed by atoms with Crippen molar-refractivity contribution < 1.29 is 9.59 Å². The smallest absolute Gasteiger partial charge is 0.258 e. The van der Waals surface area contributed by atoms with Gasteiger partial charge in [0.25, 0.3) is 5.91 Å². The van der Waals surface area contributed by atoms with Gasteiger partial charge in [0.15, 0.2) is 0 Å². The van der Waals surface area contributed by atoms with Gasteiger partial charge in [0.2, 0.25) is 5.91 Å². The third-order valence-corrected chi connectivity index (χ3v) is 5.59. The number of hydrogen-bond acceptors (Lipinski definition) is 3. The summed E-state index contributed by atoms with van der Waals surface area (Å²) in [5.41, 5.74) is 3.89. The molecule has 1 aromatic heterocycles. The van der Waals surface area contributed by atoms with Crippen molar-refractivity contribution in [2.24, 2.45) is 0 Å². The topological polar surface area (TPSA) is 49.4 Å². The lowest BCUT2D eigenvalue weighted by atomic mass is 10.1. The molecule has 2 heterocycles. The minimum Gasteiger partial charge on any atom is -0.352 e. The van der Waals surface area contributed by atoms with Crippen molar-refractivity contribution in [3.8, 4) is 0 Å². The van der Waals surface area contributed by atoms with Gasteiger partial charge in [-0.25, -0.2) is 0 Å². The molecule has 1 aliphatic heterocycles. The lowest BCUT2D eigenvalue weighted by molar-refractivity contribution is -0.120. The molecule has 0 atom stereocenters. The number of thiophene rings is 1. The number of benzene rings is 2. The monoisotopic (exact) mass is 376 g/mol. The molecule has 0 saturated heterocycles. The second kappa shape index (κ2) is 7.76. The largest absolute Gasteiger partial charge is 0.352 e. The van der Waals surface area contributed by atoms with E-state index >= 15 is 0 Å². The van der Waals surface area contributed by atoms with Gasteiger partial charge in [0.05, 0.1) is 6.42 Å². The van der Waals surface area contributed by atoms with Crippen molar-refractivity contribution in [2.75, 3.05) is 11.4 Å². The number of rotatable bonds is 5. The van der Waals surface area contributed by atoms with E-state index in [1.54, 1.807) is 11.3 Å². The zero-order valence-corrected chi connectivity index (χ0v) is 15.7. The quantitative estimate of drug-likeness (QED) is 0.736. The molecule has 0 radical (unpaired) electrons. The highest BCUT2D eigenvalue weighted by atomic mass is 32.1. The SMILES string of the molecule is O=C(Cc1cccs1)NCc1ccc2c(c1)CCN2C(=O)c1ccccc1. The fourth-order valence-corrected chi connectivity index (χ4v) is 4.05. The second-order valence-electron chi connectivity index (χ2n) is 6.57. The van der Waals surface area contributed by atoms with Crippen molar-refractivity contribution in [2.45, 2.75) is 19.4 Å². The van der Waals surface area contributed by atoms with E-state index in [1.807, 2.05) is 64.9 Å². The molecule has 27 heavy (non-hydrogen) atoms. The first kappa shape index (κ1) is 17.5. The Balaban J connectivity index is 1.41. The van der Waals surface area contributed by atoms with Gasteiger partial charge < -0.3 is 10.2 Å². The van der Waals surface area contributed by atoms with E-state index in [-0.39, 0.29) is 11.8 Å². The normalized spacial score (nSPS) is 12.7. The van der Waals surface area contributed by atoms with Crippen LogP contribution in [0, 0.1) is 0 Å². The second-order valence-corrected chi connectivity index (χ2v) is 7.60. The average molecular weight is 376 g/mol. The molecule has 0 unspecified atom stereocenters. The lowest BCUT2D eigenvalue weighted by Crippen LogP contribution is -2.28. The summed E-state index contributed by atoms with van der Waals surface area (Å²) in [7, 11) is 0. The van der Waals surface area contributed by atoms with Crippen molar-refractivity contribution >= 4 is 28.8 Å². The lowest BCUT2D eigenvalue weighted by Gasteiger charge is -2.17. The molecular formula is C22H20N2O2S. The molecule has 2 amide bonds. The summed E-state index contributed by atoms with van der Waals surface area (Å²) >= 11 is 1.59. The van der Waals surface area contributed by atoms with Crippen LogP contribution in [0.25, 0.3) is 0 Å². The van der Waals surface area contributed by atoms with Gasteiger partial charge in [0.1, 0.15) is 0 Å². The number of nitrogens with zero attached hydrogens (tertiary/aromatic N) is 1. The summed E-state index contributed by atoms with van der Waals surface area (Å²) < 4.78 is 0. The van der Waals surface area contributed by atoms with Crippen LogP contribution in [-0.4, -0.2) is 18.4 Å².